The summed E-state index contributed by atoms with van der Waals surface area (Å²) in [4.78, 5) is 10.9. The van der Waals surface area contributed by atoms with E-state index in [-0.39, 0.29) is 5.75 Å². The van der Waals surface area contributed by atoms with Crippen LogP contribution in [0.3, 0.4) is 0 Å². The van der Waals surface area contributed by atoms with Crippen LogP contribution in [0.5, 0.6) is 5.75 Å². The van der Waals surface area contributed by atoms with Crippen molar-refractivity contribution in [3.8, 4) is 5.75 Å². The van der Waals surface area contributed by atoms with Crippen LogP contribution < -0.4 is 0 Å². The standard InChI is InChI=1S/C11H10ClNO2/c1-6-7-3-8(12)11(15)4-9(7)13(2)10(6)5-14/h3-5,15H,1-2H3. The topological polar surface area (TPSA) is 42.2 Å². The summed E-state index contributed by atoms with van der Waals surface area (Å²) in [5, 5.41) is 10.7. The number of nitrogens with zero attached hydrogens (tertiary/aromatic N) is 1. The lowest BCUT2D eigenvalue weighted by Crippen LogP contribution is -1.94. The van der Waals surface area contributed by atoms with Crippen molar-refractivity contribution < 1.29 is 9.90 Å². The third-order valence-corrected chi connectivity index (χ3v) is 2.99. The third-order valence-electron chi connectivity index (χ3n) is 2.69. The van der Waals surface area contributed by atoms with E-state index in [2.05, 4.69) is 0 Å². The Kier molecular flexibility index (Phi) is 2.20. The number of hydrogen-bond donors (Lipinski definition) is 1. The molecule has 2 rings (SSSR count). The Hall–Kier alpha value is -1.48. The van der Waals surface area contributed by atoms with Gasteiger partial charge in [0.05, 0.1) is 16.2 Å². The number of halogens is 1. The lowest BCUT2D eigenvalue weighted by molar-refractivity contribution is 0.111. The molecule has 0 amide bonds. The molecule has 0 aliphatic rings. The van der Waals surface area contributed by atoms with Crippen LogP contribution in [0.1, 0.15) is 16.1 Å². The van der Waals surface area contributed by atoms with E-state index >= 15 is 0 Å². The highest BCUT2D eigenvalue weighted by Gasteiger charge is 2.13. The highest BCUT2D eigenvalue weighted by atomic mass is 35.5. The van der Waals surface area contributed by atoms with Gasteiger partial charge in [-0.15, -0.1) is 0 Å². The van der Waals surface area contributed by atoms with Crippen molar-refractivity contribution in [3.05, 3.63) is 28.4 Å². The first-order valence-corrected chi connectivity index (χ1v) is 4.86. The zero-order valence-electron chi connectivity index (χ0n) is 8.41. The van der Waals surface area contributed by atoms with E-state index in [1.165, 1.54) is 0 Å². The number of fused-ring (bicyclic) bond motifs is 1. The molecule has 2 aromatic rings. The number of phenolic OH excluding ortho intramolecular Hbond substituents is 1. The molecule has 1 N–H and O–H groups in total. The molecule has 0 atom stereocenters. The molecule has 0 saturated heterocycles. The summed E-state index contributed by atoms with van der Waals surface area (Å²) in [5.74, 6) is 0.0298. The van der Waals surface area contributed by atoms with Crippen LogP contribution in [0.25, 0.3) is 10.9 Å². The summed E-state index contributed by atoms with van der Waals surface area (Å²) in [6, 6.07) is 3.24. The number of benzene rings is 1. The summed E-state index contributed by atoms with van der Waals surface area (Å²) in [6.45, 7) is 1.86. The average Bonchev–Trinajstić information content (AvgIpc) is 2.42. The molecular weight excluding hydrogens is 214 g/mol. The fraction of sp³-hybridized carbons (Fsp3) is 0.182. The maximum Gasteiger partial charge on any atom is 0.166 e. The van der Waals surface area contributed by atoms with Crippen molar-refractivity contribution in [2.45, 2.75) is 6.92 Å². The van der Waals surface area contributed by atoms with Crippen molar-refractivity contribution in [2.75, 3.05) is 0 Å². The smallest absolute Gasteiger partial charge is 0.166 e. The fourth-order valence-corrected chi connectivity index (χ4v) is 1.98. The second-order valence-electron chi connectivity index (χ2n) is 3.51. The van der Waals surface area contributed by atoms with E-state index in [1.54, 1.807) is 23.7 Å². The molecule has 15 heavy (non-hydrogen) atoms. The number of aromatic nitrogens is 1. The first kappa shape index (κ1) is 10.1. The van der Waals surface area contributed by atoms with Gasteiger partial charge in [0.25, 0.3) is 0 Å². The second kappa shape index (κ2) is 3.28. The molecule has 0 aliphatic carbocycles. The van der Waals surface area contributed by atoms with E-state index < -0.39 is 0 Å². The molecule has 0 saturated carbocycles. The number of carbonyl (C=O) groups excluding carboxylic acids is 1. The summed E-state index contributed by atoms with van der Waals surface area (Å²) in [5.41, 5.74) is 2.28. The molecule has 0 fully saturated rings. The average molecular weight is 224 g/mol. The van der Waals surface area contributed by atoms with Crippen LogP contribution >= 0.6 is 11.6 Å². The minimum Gasteiger partial charge on any atom is -0.506 e. The predicted molar refractivity (Wildman–Crippen MR) is 59.7 cm³/mol. The number of aromatic hydroxyl groups is 1. The summed E-state index contributed by atoms with van der Waals surface area (Å²) in [7, 11) is 1.78. The Morgan fingerprint density at radius 1 is 1.47 bits per heavy atom. The number of carbonyl (C=O) groups is 1. The van der Waals surface area contributed by atoms with Gasteiger partial charge in [-0.1, -0.05) is 11.6 Å². The molecule has 0 aliphatic heterocycles. The number of aryl methyl sites for hydroxylation is 2. The first-order valence-electron chi connectivity index (χ1n) is 4.49. The lowest BCUT2D eigenvalue weighted by Gasteiger charge is -2.00. The van der Waals surface area contributed by atoms with Crippen LogP contribution in [0.15, 0.2) is 12.1 Å². The van der Waals surface area contributed by atoms with Gasteiger partial charge in [0, 0.05) is 18.5 Å². The zero-order valence-corrected chi connectivity index (χ0v) is 9.17. The minimum atomic E-state index is 0.0298. The van der Waals surface area contributed by atoms with E-state index in [1.807, 2.05) is 6.92 Å². The van der Waals surface area contributed by atoms with Crippen molar-refractivity contribution in [1.29, 1.82) is 0 Å². The fourth-order valence-electron chi connectivity index (χ4n) is 1.82. The molecular formula is C11H10ClNO2. The van der Waals surface area contributed by atoms with Crippen molar-refractivity contribution in [2.24, 2.45) is 7.05 Å². The number of rotatable bonds is 1. The number of phenols is 1. The van der Waals surface area contributed by atoms with Crippen LogP contribution in [0.2, 0.25) is 5.02 Å². The molecule has 1 aromatic heterocycles. The quantitative estimate of drug-likeness (QED) is 0.756. The molecule has 4 heteroatoms. The van der Waals surface area contributed by atoms with Crippen molar-refractivity contribution in [1.82, 2.24) is 4.57 Å². The van der Waals surface area contributed by atoms with Crippen molar-refractivity contribution >= 4 is 28.8 Å². The Morgan fingerprint density at radius 3 is 2.73 bits per heavy atom. The summed E-state index contributed by atoms with van der Waals surface area (Å²) >= 11 is 5.82. The van der Waals surface area contributed by atoms with Gasteiger partial charge in [-0.2, -0.15) is 0 Å². The van der Waals surface area contributed by atoms with Crippen LogP contribution in [0.4, 0.5) is 0 Å². The third kappa shape index (κ3) is 1.31. The van der Waals surface area contributed by atoms with Crippen LogP contribution in [-0.4, -0.2) is 16.0 Å². The Morgan fingerprint density at radius 2 is 2.13 bits per heavy atom. The molecule has 0 spiro atoms. The monoisotopic (exact) mass is 223 g/mol. The Bertz CT molecular complexity index is 512. The van der Waals surface area contributed by atoms with Gasteiger partial charge in [-0.3, -0.25) is 4.79 Å². The molecule has 0 bridgehead atoms. The molecule has 1 aromatic carbocycles. The molecule has 3 nitrogen and oxygen atoms in total. The number of hydrogen-bond acceptors (Lipinski definition) is 2. The highest BCUT2D eigenvalue weighted by Crippen LogP contribution is 2.32. The summed E-state index contributed by atoms with van der Waals surface area (Å²) < 4.78 is 1.74. The lowest BCUT2D eigenvalue weighted by atomic mass is 10.1. The Labute approximate surface area is 91.9 Å². The molecule has 0 unspecified atom stereocenters. The van der Waals surface area contributed by atoms with Crippen LogP contribution in [0, 0.1) is 6.92 Å². The molecule has 1 heterocycles. The van der Waals surface area contributed by atoms with Gasteiger partial charge in [0.2, 0.25) is 0 Å². The van der Waals surface area contributed by atoms with Crippen LogP contribution in [-0.2, 0) is 7.05 Å². The Balaban J connectivity index is 2.96. The SMILES string of the molecule is Cc1c(C=O)n(C)c2cc(O)c(Cl)cc12. The maximum atomic E-state index is 10.9. The number of aldehydes is 1. The van der Waals surface area contributed by atoms with E-state index in [0.717, 1.165) is 22.8 Å². The normalized spacial score (nSPS) is 10.9. The first-order chi connectivity index (χ1) is 7.06. The van der Waals surface area contributed by atoms with Gasteiger partial charge in [0.1, 0.15) is 5.75 Å². The maximum absolute atomic E-state index is 10.9. The second-order valence-corrected chi connectivity index (χ2v) is 3.92. The van der Waals surface area contributed by atoms with Gasteiger partial charge in [0.15, 0.2) is 6.29 Å². The molecule has 78 valence electrons. The highest BCUT2D eigenvalue weighted by molar-refractivity contribution is 6.32. The van der Waals surface area contributed by atoms with E-state index in [9.17, 15) is 9.90 Å². The summed E-state index contributed by atoms with van der Waals surface area (Å²) in [6.07, 6.45) is 0.806. The minimum absolute atomic E-state index is 0.0298. The van der Waals surface area contributed by atoms with Gasteiger partial charge >= 0.3 is 0 Å². The zero-order chi connectivity index (χ0) is 11.2. The van der Waals surface area contributed by atoms with E-state index in [4.69, 9.17) is 11.6 Å². The van der Waals surface area contributed by atoms with E-state index in [0.29, 0.717) is 10.7 Å². The van der Waals surface area contributed by atoms with Gasteiger partial charge < -0.3 is 9.67 Å². The predicted octanol–water partition coefficient (Wildman–Crippen LogP) is 2.66. The molecule has 0 radical (unpaired) electrons. The van der Waals surface area contributed by atoms with Crippen molar-refractivity contribution in [3.63, 3.8) is 0 Å². The largest absolute Gasteiger partial charge is 0.506 e. The van der Waals surface area contributed by atoms with Gasteiger partial charge in [-0.25, -0.2) is 0 Å². The van der Waals surface area contributed by atoms with Gasteiger partial charge in [-0.05, 0) is 18.6 Å².